The Hall–Kier alpha value is -2.24. The van der Waals surface area contributed by atoms with Crippen LogP contribution in [0.4, 0.5) is 4.39 Å². The molecule has 1 aromatic rings. The largest absolute Gasteiger partial charge is 0.464 e. The summed E-state index contributed by atoms with van der Waals surface area (Å²) in [5.74, 6) is -2.73. The van der Waals surface area contributed by atoms with E-state index in [2.05, 4.69) is 0 Å². The van der Waals surface area contributed by atoms with Crippen LogP contribution in [0.5, 0.6) is 0 Å². The van der Waals surface area contributed by atoms with E-state index in [-0.39, 0.29) is 17.7 Å². The first kappa shape index (κ1) is 12.8. The van der Waals surface area contributed by atoms with Gasteiger partial charge in [-0.3, -0.25) is 14.5 Å². The van der Waals surface area contributed by atoms with Crippen LogP contribution in [0.15, 0.2) is 18.2 Å². The minimum atomic E-state index is -1.24. The van der Waals surface area contributed by atoms with Crippen LogP contribution in [0.1, 0.15) is 40.5 Å². The second kappa shape index (κ2) is 4.13. The first-order chi connectivity index (χ1) is 9.53. The molecule has 2 aliphatic rings. The highest BCUT2D eigenvalue weighted by molar-refractivity contribution is 6.23. The van der Waals surface area contributed by atoms with Gasteiger partial charge >= 0.3 is 5.97 Å². The topological polar surface area (TPSA) is 63.7 Å². The quantitative estimate of drug-likeness (QED) is 0.620. The number of carbonyl (C=O) groups excluding carboxylic acids is 3. The molecule has 1 aliphatic heterocycles. The zero-order valence-electron chi connectivity index (χ0n) is 10.8. The van der Waals surface area contributed by atoms with Crippen LogP contribution in [0.3, 0.4) is 0 Å². The van der Waals surface area contributed by atoms with Crippen molar-refractivity contribution in [3.63, 3.8) is 0 Å². The molecular formula is C14H12FNO4. The van der Waals surface area contributed by atoms with Gasteiger partial charge in [-0.15, -0.1) is 0 Å². The Balaban J connectivity index is 2.03. The molecule has 0 N–H and O–H groups in total. The molecule has 1 saturated carbocycles. The maximum absolute atomic E-state index is 13.7. The molecule has 1 heterocycles. The second-order valence-electron chi connectivity index (χ2n) is 4.86. The number of nitrogens with zero attached hydrogens (tertiary/aromatic N) is 1. The van der Waals surface area contributed by atoms with E-state index in [4.69, 9.17) is 4.74 Å². The monoisotopic (exact) mass is 277 g/mol. The lowest BCUT2D eigenvalue weighted by Gasteiger charge is -2.23. The number of hydrogen-bond donors (Lipinski definition) is 0. The van der Waals surface area contributed by atoms with Crippen molar-refractivity contribution < 1.29 is 23.5 Å². The minimum Gasteiger partial charge on any atom is -0.464 e. The van der Waals surface area contributed by atoms with Gasteiger partial charge in [-0.2, -0.15) is 0 Å². The number of fused-ring (bicyclic) bond motifs is 1. The van der Waals surface area contributed by atoms with Gasteiger partial charge in [0.05, 0.1) is 17.7 Å². The van der Waals surface area contributed by atoms with Crippen LogP contribution >= 0.6 is 0 Å². The number of halogens is 1. The van der Waals surface area contributed by atoms with Gasteiger partial charge in [-0.1, -0.05) is 6.07 Å². The molecule has 20 heavy (non-hydrogen) atoms. The Morgan fingerprint density at radius 3 is 2.60 bits per heavy atom. The number of hydrogen-bond acceptors (Lipinski definition) is 4. The van der Waals surface area contributed by atoms with Gasteiger partial charge in [0.25, 0.3) is 11.8 Å². The molecule has 0 saturated heterocycles. The molecule has 1 aliphatic carbocycles. The van der Waals surface area contributed by atoms with Gasteiger partial charge in [-0.25, -0.2) is 9.18 Å². The van der Waals surface area contributed by atoms with E-state index in [1.54, 1.807) is 6.92 Å². The van der Waals surface area contributed by atoms with Crippen LogP contribution in [-0.2, 0) is 9.53 Å². The minimum absolute atomic E-state index is 0.00516. The van der Waals surface area contributed by atoms with Crippen molar-refractivity contribution in [2.75, 3.05) is 6.61 Å². The van der Waals surface area contributed by atoms with E-state index < -0.39 is 29.1 Å². The van der Waals surface area contributed by atoms with Crippen molar-refractivity contribution in [1.29, 1.82) is 0 Å². The van der Waals surface area contributed by atoms with E-state index in [9.17, 15) is 18.8 Å². The maximum atomic E-state index is 13.7. The molecule has 5 nitrogen and oxygen atoms in total. The summed E-state index contributed by atoms with van der Waals surface area (Å²) < 4.78 is 18.7. The number of amides is 2. The van der Waals surface area contributed by atoms with E-state index in [0.717, 1.165) is 11.0 Å². The predicted molar refractivity (Wildman–Crippen MR) is 65.5 cm³/mol. The molecular weight excluding hydrogens is 265 g/mol. The van der Waals surface area contributed by atoms with Gasteiger partial charge in [0.1, 0.15) is 11.4 Å². The molecule has 1 aromatic carbocycles. The number of ether oxygens (including phenoxy) is 1. The fraction of sp³-hybridized carbons (Fsp3) is 0.357. The molecule has 6 heteroatoms. The molecule has 0 radical (unpaired) electrons. The Morgan fingerprint density at radius 1 is 1.35 bits per heavy atom. The van der Waals surface area contributed by atoms with Crippen molar-refractivity contribution in [3.05, 3.63) is 35.1 Å². The third-order valence-electron chi connectivity index (χ3n) is 3.67. The molecule has 3 rings (SSSR count). The first-order valence-corrected chi connectivity index (χ1v) is 6.37. The lowest BCUT2D eigenvalue weighted by Crippen LogP contribution is -2.48. The third kappa shape index (κ3) is 1.51. The highest BCUT2D eigenvalue weighted by Gasteiger charge is 2.62. The van der Waals surface area contributed by atoms with Gasteiger partial charge in [0.15, 0.2) is 0 Å². The molecule has 0 spiro atoms. The summed E-state index contributed by atoms with van der Waals surface area (Å²) in [4.78, 5) is 37.4. The maximum Gasteiger partial charge on any atom is 0.332 e. The van der Waals surface area contributed by atoms with E-state index in [1.807, 2.05) is 0 Å². The lowest BCUT2D eigenvalue weighted by molar-refractivity contribution is -0.149. The summed E-state index contributed by atoms with van der Waals surface area (Å²) in [5, 5.41) is 0. The average Bonchev–Trinajstić information content (AvgIpc) is 3.15. The van der Waals surface area contributed by atoms with E-state index >= 15 is 0 Å². The van der Waals surface area contributed by atoms with Crippen LogP contribution in [0.25, 0.3) is 0 Å². The van der Waals surface area contributed by atoms with Crippen molar-refractivity contribution in [2.45, 2.75) is 25.3 Å². The van der Waals surface area contributed by atoms with Gasteiger partial charge < -0.3 is 4.74 Å². The fourth-order valence-corrected chi connectivity index (χ4v) is 2.54. The summed E-state index contributed by atoms with van der Waals surface area (Å²) in [5.41, 5.74) is -1.49. The zero-order chi connectivity index (χ0) is 14.5. The number of imide groups is 1. The molecule has 0 unspecified atom stereocenters. The molecule has 2 amide bonds. The summed E-state index contributed by atoms with van der Waals surface area (Å²) in [6.07, 6.45) is 0.720. The highest BCUT2D eigenvalue weighted by Crippen LogP contribution is 2.46. The third-order valence-corrected chi connectivity index (χ3v) is 3.67. The van der Waals surface area contributed by atoms with Crippen LogP contribution in [0, 0.1) is 5.82 Å². The fourth-order valence-electron chi connectivity index (χ4n) is 2.54. The SMILES string of the molecule is CCOC(=O)C1(N2C(=O)c3cccc(F)c3C2=O)CC1. The van der Waals surface area contributed by atoms with Crippen LogP contribution in [0.2, 0.25) is 0 Å². The van der Waals surface area contributed by atoms with Crippen molar-refractivity contribution in [3.8, 4) is 0 Å². The first-order valence-electron chi connectivity index (χ1n) is 6.37. The van der Waals surface area contributed by atoms with Crippen LogP contribution in [-0.4, -0.2) is 34.8 Å². The smallest absolute Gasteiger partial charge is 0.332 e. The predicted octanol–water partition coefficient (Wildman–Crippen LogP) is 1.52. The summed E-state index contributed by atoms with van der Waals surface area (Å²) >= 11 is 0. The molecule has 0 aromatic heterocycles. The zero-order valence-corrected chi connectivity index (χ0v) is 10.8. The Labute approximate surface area is 114 Å². The van der Waals surface area contributed by atoms with E-state index in [0.29, 0.717) is 12.8 Å². The Morgan fingerprint density at radius 2 is 2.05 bits per heavy atom. The van der Waals surface area contributed by atoms with Crippen molar-refractivity contribution in [1.82, 2.24) is 4.90 Å². The summed E-state index contributed by atoms with van der Waals surface area (Å²) in [6.45, 7) is 1.81. The van der Waals surface area contributed by atoms with Gasteiger partial charge in [-0.05, 0) is 31.9 Å². The summed E-state index contributed by atoms with van der Waals surface area (Å²) in [7, 11) is 0. The molecule has 0 bridgehead atoms. The Kier molecular flexibility index (Phi) is 2.64. The van der Waals surface area contributed by atoms with Gasteiger partial charge in [0.2, 0.25) is 0 Å². The Bertz CT molecular complexity index is 636. The van der Waals surface area contributed by atoms with E-state index in [1.165, 1.54) is 12.1 Å². The molecule has 0 atom stereocenters. The normalized spacial score (nSPS) is 19.0. The van der Waals surface area contributed by atoms with Gasteiger partial charge in [0, 0.05) is 0 Å². The van der Waals surface area contributed by atoms with Crippen LogP contribution < -0.4 is 0 Å². The average molecular weight is 277 g/mol. The number of rotatable bonds is 3. The second-order valence-corrected chi connectivity index (χ2v) is 4.86. The van der Waals surface area contributed by atoms with Crippen molar-refractivity contribution >= 4 is 17.8 Å². The summed E-state index contributed by atoms with van der Waals surface area (Å²) in [6, 6.07) is 3.88. The molecule has 1 fully saturated rings. The number of esters is 1. The molecule has 104 valence electrons. The van der Waals surface area contributed by atoms with Crippen molar-refractivity contribution in [2.24, 2.45) is 0 Å². The number of carbonyl (C=O) groups is 3. The lowest BCUT2D eigenvalue weighted by atomic mass is 10.1. The standard InChI is InChI=1S/C14H12FNO4/c1-2-20-13(19)14(6-7-14)16-11(17)8-4-3-5-9(15)10(8)12(16)18/h3-5H,2,6-7H2,1H3. The highest BCUT2D eigenvalue weighted by atomic mass is 19.1. The number of benzene rings is 1.